The number of Topliss-reactive ketones (excluding diaryl/α,β-unsaturated/α-hetero) is 1. The van der Waals surface area contributed by atoms with Crippen LogP contribution in [-0.2, 0) is 19.3 Å². The number of hydrogen-bond acceptors (Lipinski definition) is 3. The minimum Gasteiger partial charge on any atom is -0.493 e. The fraction of sp³-hybridized carbons (Fsp3) is 0.455. The second-order valence-corrected chi connectivity index (χ2v) is 9.81. The summed E-state index contributed by atoms with van der Waals surface area (Å²) >= 11 is 0. The van der Waals surface area contributed by atoms with Crippen LogP contribution in [0.2, 0.25) is 0 Å². The molecule has 0 aromatic heterocycles. The number of carbonyl (C=O) groups excluding carboxylic acids is 1. The molecule has 36 heavy (non-hydrogen) atoms. The van der Waals surface area contributed by atoms with Gasteiger partial charge in [0.15, 0.2) is 5.78 Å². The van der Waals surface area contributed by atoms with E-state index in [-0.39, 0.29) is 5.78 Å². The van der Waals surface area contributed by atoms with Gasteiger partial charge in [-0.2, -0.15) is 0 Å². The molecule has 0 fully saturated rings. The highest BCUT2D eigenvalue weighted by atomic mass is 16.5. The van der Waals surface area contributed by atoms with Crippen molar-refractivity contribution < 1.29 is 9.53 Å². The molecule has 0 saturated heterocycles. The molecule has 3 heteroatoms. The first kappa shape index (κ1) is 27.6. The van der Waals surface area contributed by atoms with Crippen LogP contribution >= 0.6 is 0 Å². The lowest BCUT2D eigenvalue weighted by atomic mass is 9.85. The average molecular weight is 486 g/mol. The van der Waals surface area contributed by atoms with E-state index < -0.39 is 0 Å². The summed E-state index contributed by atoms with van der Waals surface area (Å²) in [5, 5.41) is 0. The molecule has 0 heterocycles. The number of ketones is 1. The van der Waals surface area contributed by atoms with Crippen LogP contribution < -0.4 is 4.74 Å². The van der Waals surface area contributed by atoms with Gasteiger partial charge in [-0.25, -0.2) is 0 Å². The minimum absolute atomic E-state index is 0.126. The molecule has 0 radical (unpaired) electrons. The lowest BCUT2D eigenvalue weighted by Gasteiger charge is -2.19. The summed E-state index contributed by atoms with van der Waals surface area (Å²) in [6.45, 7) is 9.12. The van der Waals surface area contributed by atoms with Crippen molar-refractivity contribution in [3.8, 4) is 5.75 Å². The van der Waals surface area contributed by atoms with Crippen LogP contribution in [0.1, 0.15) is 97.5 Å². The molecule has 1 aliphatic rings. The van der Waals surface area contributed by atoms with Crippen molar-refractivity contribution in [3.05, 3.63) is 87.5 Å². The minimum atomic E-state index is 0.126. The Hall–Kier alpha value is -2.94. The summed E-state index contributed by atoms with van der Waals surface area (Å²) in [6, 6.07) is 10.5. The summed E-state index contributed by atoms with van der Waals surface area (Å²) in [5.41, 5.74) is 8.45. The highest BCUT2D eigenvalue weighted by Gasteiger charge is 2.21. The molecule has 0 saturated carbocycles. The van der Waals surface area contributed by atoms with E-state index in [1.807, 2.05) is 19.9 Å². The third-order valence-corrected chi connectivity index (χ3v) is 7.16. The van der Waals surface area contributed by atoms with Crippen LogP contribution in [0.15, 0.2) is 59.1 Å². The van der Waals surface area contributed by atoms with Gasteiger partial charge in [-0.15, -0.1) is 0 Å². The van der Waals surface area contributed by atoms with Gasteiger partial charge in [0.25, 0.3) is 0 Å². The Kier molecular flexibility index (Phi) is 10.7. The van der Waals surface area contributed by atoms with E-state index in [1.165, 1.54) is 42.4 Å². The molecule has 0 bridgehead atoms. The number of aliphatic imine (C=N–C) groups is 1. The molecule has 2 aromatic rings. The van der Waals surface area contributed by atoms with E-state index in [9.17, 15) is 4.79 Å². The Balaban J connectivity index is 1.63. The zero-order valence-electron chi connectivity index (χ0n) is 23.0. The van der Waals surface area contributed by atoms with Crippen molar-refractivity contribution in [3.63, 3.8) is 0 Å². The van der Waals surface area contributed by atoms with E-state index in [4.69, 9.17) is 4.74 Å². The highest BCUT2D eigenvalue weighted by molar-refractivity contribution is 6.12. The Bertz CT molecular complexity index is 1140. The first-order valence-electron chi connectivity index (χ1n) is 13.7. The van der Waals surface area contributed by atoms with Gasteiger partial charge >= 0.3 is 0 Å². The molecule has 0 atom stereocenters. The topological polar surface area (TPSA) is 38.7 Å². The summed E-state index contributed by atoms with van der Waals surface area (Å²) in [7, 11) is 1.81. The lowest BCUT2D eigenvalue weighted by molar-refractivity contribution is 0.103. The summed E-state index contributed by atoms with van der Waals surface area (Å²) in [4.78, 5) is 18.0. The largest absolute Gasteiger partial charge is 0.493 e. The summed E-state index contributed by atoms with van der Waals surface area (Å²) in [6.07, 6.45) is 16.3. The van der Waals surface area contributed by atoms with E-state index in [0.717, 1.165) is 59.4 Å². The smallest absolute Gasteiger partial charge is 0.189 e. The molecule has 1 aliphatic carbocycles. The molecule has 192 valence electrons. The molecule has 2 aromatic carbocycles. The number of rotatable bonds is 13. The van der Waals surface area contributed by atoms with Gasteiger partial charge in [-0.1, -0.05) is 63.5 Å². The van der Waals surface area contributed by atoms with Crippen molar-refractivity contribution in [1.29, 1.82) is 0 Å². The monoisotopic (exact) mass is 485 g/mol. The van der Waals surface area contributed by atoms with Crippen LogP contribution in [0, 0.1) is 6.92 Å². The maximum absolute atomic E-state index is 13.6. The van der Waals surface area contributed by atoms with Crippen LogP contribution in [-0.4, -0.2) is 25.1 Å². The van der Waals surface area contributed by atoms with Gasteiger partial charge in [0.05, 0.1) is 6.61 Å². The third-order valence-electron chi connectivity index (χ3n) is 7.16. The van der Waals surface area contributed by atoms with Crippen LogP contribution in [0.25, 0.3) is 0 Å². The number of hydrogen-bond donors (Lipinski definition) is 0. The Morgan fingerprint density at radius 3 is 2.56 bits per heavy atom. The zero-order chi connectivity index (χ0) is 25.9. The Morgan fingerprint density at radius 2 is 1.81 bits per heavy atom. The maximum Gasteiger partial charge on any atom is 0.189 e. The average Bonchev–Trinajstić information content (AvgIpc) is 2.90. The van der Waals surface area contributed by atoms with E-state index >= 15 is 0 Å². The second-order valence-electron chi connectivity index (χ2n) is 9.81. The number of unbranched alkanes of at least 4 members (excludes halogenated alkanes) is 4. The predicted octanol–water partition coefficient (Wildman–Crippen LogP) is 8.20. The van der Waals surface area contributed by atoms with Gasteiger partial charge in [0, 0.05) is 30.3 Å². The molecule has 0 aliphatic heterocycles. The molecule has 0 N–H and O–H groups in total. The Morgan fingerprint density at radius 1 is 1.00 bits per heavy atom. The Labute approximate surface area is 218 Å². The van der Waals surface area contributed by atoms with E-state index in [1.54, 1.807) is 7.05 Å². The van der Waals surface area contributed by atoms with Crippen LogP contribution in [0.3, 0.4) is 0 Å². The predicted molar refractivity (Wildman–Crippen MR) is 153 cm³/mol. The van der Waals surface area contributed by atoms with E-state index in [2.05, 4.69) is 61.3 Å². The van der Waals surface area contributed by atoms with Crippen molar-refractivity contribution in [2.45, 2.75) is 85.5 Å². The van der Waals surface area contributed by atoms with Crippen LogP contribution in [0.5, 0.6) is 5.75 Å². The van der Waals surface area contributed by atoms with Crippen LogP contribution in [0.4, 0.5) is 0 Å². The number of fused-ring (bicyclic) bond motifs is 1. The number of allylic oxidation sites excluding steroid dienone is 3. The third kappa shape index (κ3) is 7.29. The standard InChI is InChI=1S/C33H43NO2/c1-6-8-9-10-11-12-13-14-19-36-30-18-17-27-15-16-28(21-29(27)22-30)33(35)31-23-32(25(4)34-5)26(7-2)20-24(31)3/h12-13,16-18,20,22-23H,6-11,14-15,19,21H2,1-5H3/b13-12-,34-25?. The summed E-state index contributed by atoms with van der Waals surface area (Å²) in [5.74, 6) is 1.01. The zero-order valence-corrected chi connectivity index (χ0v) is 23.0. The second kappa shape index (κ2) is 14.0. The van der Waals surface area contributed by atoms with Crippen molar-refractivity contribution >= 4 is 11.5 Å². The first-order valence-corrected chi connectivity index (χ1v) is 13.7. The molecule has 0 amide bonds. The van der Waals surface area contributed by atoms with Gasteiger partial charge < -0.3 is 4.74 Å². The van der Waals surface area contributed by atoms with Gasteiger partial charge in [-0.3, -0.25) is 9.79 Å². The molecule has 3 nitrogen and oxygen atoms in total. The first-order chi connectivity index (χ1) is 17.5. The quantitative estimate of drug-likeness (QED) is 0.124. The molecule has 0 unspecified atom stereocenters. The van der Waals surface area contributed by atoms with Gasteiger partial charge in [0.2, 0.25) is 0 Å². The van der Waals surface area contributed by atoms with E-state index in [0.29, 0.717) is 13.0 Å². The maximum atomic E-state index is 13.6. The number of ether oxygens (including phenoxy) is 1. The fourth-order valence-corrected chi connectivity index (χ4v) is 4.84. The molecule has 3 rings (SSSR count). The fourth-order valence-electron chi connectivity index (χ4n) is 4.84. The van der Waals surface area contributed by atoms with Crippen molar-refractivity contribution in [2.75, 3.05) is 13.7 Å². The number of aryl methyl sites for hydroxylation is 2. The lowest BCUT2D eigenvalue weighted by Crippen LogP contribution is -2.14. The molecule has 0 spiro atoms. The SMILES string of the molecule is CCCCCC/C=C\CCOc1ccc2c(c1)CC(C(=O)c1cc(C(C)=NC)c(CC)cc1C)=CC2. The number of nitrogens with zero attached hydrogens (tertiary/aromatic N) is 1. The number of carbonyl (C=O) groups is 1. The van der Waals surface area contributed by atoms with Crippen molar-refractivity contribution in [1.82, 2.24) is 0 Å². The summed E-state index contributed by atoms with van der Waals surface area (Å²) < 4.78 is 6.03. The van der Waals surface area contributed by atoms with Crippen molar-refractivity contribution in [2.24, 2.45) is 4.99 Å². The van der Waals surface area contributed by atoms with Gasteiger partial charge in [-0.05, 0) is 92.0 Å². The number of benzene rings is 2. The van der Waals surface area contributed by atoms with Gasteiger partial charge in [0.1, 0.15) is 5.75 Å². The molecular formula is C33H43NO2. The normalized spacial score (nSPS) is 13.6. The highest BCUT2D eigenvalue weighted by Crippen LogP contribution is 2.29. The molecular weight excluding hydrogens is 442 g/mol.